The van der Waals surface area contributed by atoms with Gasteiger partial charge in [-0.05, 0) is 24.8 Å². The van der Waals surface area contributed by atoms with E-state index in [9.17, 15) is 14.4 Å². The molecule has 1 aromatic carbocycles. The van der Waals surface area contributed by atoms with Crippen LogP contribution in [0.3, 0.4) is 0 Å². The summed E-state index contributed by atoms with van der Waals surface area (Å²) in [5.74, 6) is -0.431. The van der Waals surface area contributed by atoms with Crippen LogP contribution in [0, 0.1) is 0 Å². The van der Waals surface area contributed by atoms with Crippen LogP contribution in [0.25, 0.3) is 0 Å². The van der Waals surface area contributed by atoms with Crippen molar-refractivity contribution in [1.82, 2.24) is 15.3 Å². The molecule has 2 bridgehead atoms. The second-order valence-electron chi connectivity index (χ2n) is 6.38. The molecule has 7 heteroatoms. The maximum Gasteiger partial charge on any atom is 0.345 e. The summed E-state index contributed by atoms with van der Waals surface area (Å²) in [6.07, 6.45) is 2.19. The van der Waals surface area contributed by atoms with Crippen molar-refractivity contribution >= 4 is 17.7 Å². The van der Waals surface area contributed by atoms with E-state index in [1.165, 1.54) is 17.1 Å². The average molecular weight is 345 g/mol. The zero-order chi connectivity index (χ0) is 18.0. The molecule has 2 saturated heterocycles. The van der Waals surface area contributed by atoms with E-state index in [-0.39, 0.29) is 30.3 Å². The second kappa shape index (κ2) is 7.23. The number of carbonyl (C=O) groups is 3. The Hall–Kier alpha value is -2.41. The van der Waals surface area contributed by atoms with Crippen LogP contribution < -0.4 is 5.32 Å². The van der Waals surface area contributed by atoms with Crippen molar-refractivity contribution in [2.75, 3.05) is 20.2 Å². The number of urea groups is 1. The van der Waals surface area contributed by atoms with E-state index in [1.807, 2.05) is 12.1 Å². The molecule has 3 rings (SSSR count). The molecule has 0 unspecified atom stereocenters. The Morgan fingerprint density at radius 2 is 1.96 bits per heavy atom. The van der Waals surface area contributed by atoms with Crippen molar-refractivity contribution in [3.05, 3.63) is 35.4 Å². The number of benzene rings is 1. The smallest absolute Gasteiger partial charge is 0.345 e. The maximum atomic E-state index is 12.4. The zero-order valence-electron chi connectivity index (χ0n) is 14.5. The first-order chi connectivity index (χ1) is 12.0. The van der Waals surface area contributed by atoms with Crippen LogP contribution in [0.4, 0.5) is 4.79 Å². The van der Waals surface area contributed by atoms with Gasteiger partial charge in [-0.25, -0.2) is 4.79 Å². The van der Waals surface area contributed by atoms with Crippen molar-refractivity contribution < 1.29 is 19.2 Å². The van der Waals surface area contributed by atoms with Crippen molar-refractivity contribution in [3.63, 3.8) is 0 Å². The normalized spacial score (nSPS) is 22.2. The molecule has 134 valence electrons. The molecule has 3 amide bonds. The molecule has 2 aliphatic heterocycles. The van der Waals surface area contributed by atoms with Gasteiger partial charge in [-0.1, -0.05) is 31.2 Å². The highest BCUT2D eigenvalue weighted by Gasteiger charge is 2.47. The summed E-state index contributed by atoms with van der Waals surface area (Å²) in [5.41, 5.74) is 1.73. The third kappa shape index (κ3) is 3.37. The average Bonchev–Trinajstić information content (AvgIpc) is 2.89. The number of rotatable bonds is 6. The van der Waals surface area contributed by atoms with Gasteiger partial charge < -0.3 is 10.2 Å². The number of aryl methyl sites for hydroxylation is 1. The Kier molecular flexibility index (Phi) is 5.03. The molecule has 0 spiro atoms. The zero-order valence-corrected chi connectivity index (χ0v) is 14.5. The van der Waals surface area contributed by atoms with Crippen LogP contribution in [-0.2, 0) is 16.1 Å². The van der Waals surface area contributed by atoms with E-state index in [2.05, 4.69) is 12.2 Å². The fourth-order valence-corrected chi connectivity index (χ4v) is 3.45. The molecule has 0 radical (unpaired) electrons. The van der Waals surface area contributed by atoms with Gasteiger partial charge in [-0.2, -0.15) is 5.06 Å². The summed E-state index contributed by atoms with van der Waals surface area (Å²) in [4.78, 5) is 43.5. The van der Waals surface area contributed by atoms with Gasteiger partial charge >= 0.3 is 6.03 Å². The Morgan fingerprint density at radius 1 is 1.24 bits per heavy atom. The van der Waals surface area contributed by atoms with Crippen molar-refractivity contribution in [3.8, 4) is 0 Å². The molecule has 2 heterocycles. The maximum absolute atomic E-state index is 12.4. The lowest BCUT2D eigenvalue weighted by molar-refractivity contribution is -0.125. The standard InChI is InChI=1S/C18H23N3O4/c1-3-12-4-6-13(7-5-12)16(22)10-19-17(23)15-9-8-14-11-20(15)18(24)21(14)25-2/h4-7,14-15H,3,8-11H2,1-2H3,(H,19,23)/t14-,15+/m1/s1. The van der Waals surface area contributed by atoms with E-state index in [0.29, 0.717) is 24.9 Å². The number of hydrogen-bond donors (Lipinski definition) is 1. The predicted octanol–water partition coefficient (Wildman–Crippen LogP) is 1.38. The van der Waals surface area contributed by atoms with Gasteiger partial charge in [0.05, 0.1) is 19.7 Å². The quantitative estimate of drug-likeness (QED) is 0.790. The highest BCUT2D eigenvalue weighted by molar-refractivity contribution is 6.00. The van der Waals surface area contributed by atoms with Gasteiger partial charge in [0, 0.05) is 12.1 Å². The number of carbonyl (C=O) groups excluding carboxylic acids is 3. The summed E-state index contributed by atoms with van der Waals surface area (Å²) < 4.78 is 0. The Bertz CT molecular complexity index is 673. The second-order valence-corrected chi connectivity index (χ2v) is 6.38. The van der Waals surface area contributed by atoms with Gasteiger partial charge in [0.25, 0.3) is 0 Å². The summed E-state index contributed by atoms with van der Waals surface area (Å²) in [6, 6.07) is 6.56. The lowest BCUT2D eigenvalue weighted by Crippen LogP contribution is -2.50. The summed E-state index contributed by atoms with van der Waals surface area (Å²) in [7, 11) is 1.46. The Labute approximate surface area is 146 Å². The number of piperidine rings is 1. The predicted molar refractivity (Wildman–Crippen MR) is 90.9 cm³/mol. The summed E-state index contributed by atoms with van der Waals surface area (Å²) in [5, 5.41) is 4.00. The van der Waals surface area contributed by atoms with Gasteiger partial charge in [-0.15, -0.1) is 0 Å². The van der Waals surface area contributed by atoms with Crippen molar-refractivity contribution in [2.45, 2.75) is 38.3 Å². The Balaban J connectivity index is 1.57. The molecule has 7 nitrogen and oxygen atoms in total. The molecule has 2 aliphatic rings. The monoisotopic (exact) mass is 345 g/mol. The molecule has 2 fully saturated rings. The van der Waals surface area contributed by atoms with E-state index in [0.717, 1.165) is 12.0 Å². The molecular weight excluding hydrogens is 322 g/mol. The fraction of sp³-hybridized carbons (Fsp3) is 0.500. The number of hydrogen-bond acceptors (Lipinski definition) is 4. The molecule has 1 N–H and O–H groups in total. The fourth-order valence-electron chi connectivity index (χ4n) is 3.45. The Morgan fingerprint density at radius 3 is 2.60 bits per heavy atom. The molecule has 25 heavy (non-hydrogen) atoms. The van der Waals surface area contributed by atoms with Crippen molar-refractivity contribution in [1.29, 1.82) is 0 Å². The van der Waals surface area contributed by atoms with E-state index < -0.39 is 6.04 Å². The van der Waals surface area contributed by atoms with Crippen LogP contribution >= 0.6 is 0 Å². The van der Waals surface area contributed by atoms with Gasteiger partial charge in [0.2, 0.25) is 5.91 Å². The van der Waals surface area contributed by atoms with E-state index in [4.69, 9.17) is 4.84 Å². The first-order valence-corrected chi connectivity index (χ1v) is 8.59. The van der Waals surface area contributed by atoms with Gasteiger partial charge in [0.1, 0.15) is 6.04 Å². The summed E-state index contributed by atoms with van der Waals surface area (Å²) in [6.45, 7) is 2.47. The molecule has 0 aliphatic carbocycles. The first-order valence-electron chi connectivity index (χ1n) is 8.59. The first kappa shape index (κ1) is 17.4. The van der Waals surface area contributed by atoms with Gasteiger partial charge in [0.15, 0.2) is 5.78 Å². The number of Topliss-reactive ketones (excluding diaryl/α,β-unsaturated/α-hetero) is 1. The molecule has 1 aromatic rings. The van der Waals surface area contributed by atoms with Crippen LogP contribution in [0.2, 0.25) is 0 Å². The molecule has 0 saturated carbocycles. The topological polar surface area (TPSA) is 79.0 Å². The number of nitrogens with zero attached hydrogens (tertiary/aromatic N) is 2. The van der Waals surface area contributed by atoms with Crippen LogP contribution in [-0.4, -0.2) is 60.0 Å². The number of ketones is 1. The van der Waals surface area contributed by atoms with Crippen LogP contribution in [0.5, 0.6) is 0 Å². The van der Waals surface area contributed by atoms with E-state index >= 15 is 0 Å². The number of nitrogens with one attached hydrogen (secondary N) is 1. The summed E-state index contributed by atoms with van der Waals surface area (Å²) >= 11 is 0. The van der Waals surface area contributed by atoms with Gasteiger partial charge in [-0.3, -0.25) is 14.4 Å². The minimum absolute atomic E-state index is 0.000243. The number of hydroxylamine groups is 2. The van der Waals surface area contributed by atoms with Crippen molar-refractivity contribution in [2.24, 2.45) is 0 Å². The minimum Gasteiger partial charge on any atom is -0.347 e. The SMILES string of the molecule is CCc1ccc(C(=O)CNC(=O)[C@@H]2CC[C@@H]3CN2C(=O)N3OC)cc1. The number of amides is 3. The van der Waals surface area contributed by atoms with E-state index in [1.54, 1.807) is 12.1 Å². The molecule has 2 atom stereocenters. The molecular formula is C18H23N3O4. The molecule has 0 aromatic heterocycles. The highest BCUT2D eigenvalue weighted by atomic mass is 16.7. The van der Waals surface area contributed by atoms with Crippen LogP contribution in [0.15, 0.2) is 24.3 Å². The lowest BCUT2D eigenvalue weighted by atomic mass is 10.00. The number of fused-ring (bicyclic) bond motifs is 2. The third-order valence-corrected chi connectivity index (χ3v) is 4.93. The highest BCUT2D eigenvalue weighted by Crippen LogP contribution is 2.29. The third-order valence-electron chi connectivity index (χ3n) is 4.93. The minimum atomic E-state index is -0.542. The van der Waals surface area contributed by atoms with Crippen LogP contribution in [0.1, 0.15) is 35.7 Å². The largest absolute Gasteiger partial charge is 0.347 e. The lowest BCUT2D eigenvalue weighted by Gasteiger charge is -2.29.